The van der Waals surface area contributed by atoms with Crippen molar-refractivity contribution in [2.45, 2.75) is 32.5 Å². The SMILES string of the molecule is Cn1cccc1C(=O)N1CCC(Cc2ccc(COCc3ccncc3)cc2)CC1. The van der Waals surface area contributed by atoms with Crippen LogP contribution in [0.15, 0.2) is 67.1 Å². The summed E-state index contributed by atoms with van der Waals surface area (Å²) in [6.45, 7) is 2.90. The van der Waals surface area contributed by atoms with Crippen LogP contribution in [0.4, 0.5) is 0 Å². The van der Waals surface area contributed by atoms with Crippen molar-refractivity contribution in [1.29, 1.82) is 0 Å². The number of benzene rings is 1. The van der Waals surface area contributed by atoms with Crippen molar-refractivity contribution in [2.75, 3.05) is 13.1 Å². The van der Waals surface area contributed by atoms with Gasteiger partial charge < -0.3 is 14.2 Å². The van der Waals surface area contributed by atoms with Gasteiger partial charge in [0.15, 0.2) is 0 Å². The van der Waals surface area contributed by atoms with Gasteiger partial charge >= 0.3 is 0 Å². The Hall–Kier alpha value is -2.92. The molecule has 0 spiro atoms. The van der Waals surface area contributed by atoms with E-state index in [4.69, 9.17) is 4.74 Å². The van der Waals surface area contributed by atoms with Crippen LogP contribution in [0.3, 0.4) is 0 Å². The Morgan fingerprint density at radius 2 is 1.60 bits per heavy atom. The molecule has 1 saturated heterocycles. The summed E-state index contributed by atoms with van der Waals surface area (Å²) in [5.74, 6) is 0.785. The number of pyridine rings is 1. The molecular weight excluding hydrogens is 374 g/mol. The van der Waals surface area contributed by atoms with Crippen molar-refractivity contribution in [3.8, 4) is 0 Å². The van der Waals surface area contributed by atoms with Gasteiger partial charge in [-0.05, 0) is 66.1 Å². The number of hydrogen-bond donors (Lipinski definition) is 0. The molecule has 4 rings (SSSR count). The number of carbonyl (C=O) groups excluding carboxylic acids is 1. The topological polar surface area (TPSA) is 47.4 Å². The second kappa shape index (κ2) is 9.72. The highest BCUT2D eigenvalue weighted by Crippen LogP contribution is 2.23. The summed E-state index contributed by atoms with van der Waals surface area (Å²) < 4.78 is 7.70. The van der Waals surface area contributed by atoms with Crippen LogP contribution in [0.25, 0.3) is 0 Å². The predicted molar refractivity (Wildman–Crippen MR) is 117 cm³/mol. The van der Waals surface area contributed by atoms with E-state index in [-0.39, 0.29) is 5.91 Å². The molecule has 1 amide bonds. The number of rotatable bonds is 7. The van der Waals surface area contributed by atoms with Crippen LogP contribution in [-0.4, -0.2) is 33.4 Å². The Labute approximate surface area is 178 Å². The lowest BCUT2D eigenvalue weighted by Crippen LogP contribution is -2.39. The van der Waals surface area contributed by atoms with E-state index >= 15 is 0 Å². The maximum atomic E-state index is 12.7. The fraction of sp³-hybridized carbons (Fsp3) is 0.360. The van der Waals surface area contributed by atoms with Crippen LogP contribution in [0, 0.1) is 5.92 Å². The summed E-state index contributed by atoms with van der Waals surface area (Å²) in [7, 11) is 1.92. The van der Waals surface area contributed by atoms with Crippen LogP contribution in [0.1, 0.15) is 40.0 Å². The standard InChI is InChI=1S/C25H29N3O2/c1-27-14-2-3-24(27)25(29)28-15-10-21(11-16-28)17-20-4-6-22(7-5-20)18-30-19-23-8-12-26-13-9-23/h2-9,12-14,21H,10-11,15-19H2,1H3. The van der Waals surface area contributed by atoms with Crippen molar-refractivity contribution in [2.24, 2.45) is 13.0 Å². The van der Waals surface area contributed by atoms with E-state index < -0.39 is 0 Å². The molecule has 0 N–H and O–H groups in total. The zero-order valence-corrected chi connectivity index (χ0v) is 17.5. The minimum absolute atomic E-state index is 0.150. The number of ether oxygens (including phenoxy) is 1. The number of piperidine rings is 1. The molecule has 1 aliphatic rings. The van der Waals surface area contributed by atoms with Crippen molar-refractivity contribution in [3.05, 3.63) is 89.5 Å². The largest absolute Gasteiger partial charge is 0.372 e. The van der Waals surface area contributed by atoms with Gasteiger partial charge in [-0.1, -0.05) is 24.3 Å². The van der Waals surface area contributed by atoms with Crippen LogP contribution >= 0.6 is 0 Å². The minimum Gasteiger partial charge on any atom is -0.372 e. The molecule has 156 valence electrons. The summed E-state index contributed by atoms with van der Waals surface area (Å²) in [6, 6.07) is 16.5. The van der Waals surface area contributed by atoms with Gasteiger partial charge in [0.1, 0.15) is 5.69 Å². The molecule has 2 aromatic heterocycles. The van der Waals surface area contributed by atoms with E-state index in [9.17, 15) is 4.79 Å². The van der Waals surface area contributed by atoms with Gasteiger partial charge in [-0.25, -0.2) is 0 Å². The average Bonchev–Trinajstić information content (AvgIpc) is 3.22. The lowest BCUT2D eigenvalue weighted by molar-refractivity contribution is 0.0681. The summed E-state index contributed by atoms with van der Waals surface area (Å²) in [5.41, 5.74) is 4.46. The van der Waals surface area contributed by atoms with E-state index in [0.717, 1.165) is 43.6 Å². The number of amides is 1. The Morgan fingerprint density at radius 3 is 2.23 bits per heavy atom. The van der Waals surface area contributed by atoms with Crippen molar-refractivity contribution in [1.82, 2.24) is 14.5 Å². The summed E-state index contributed by atoms with van der Waals surface area (Å²) in [6.07, 6.45) is 8.70. The van der Waals surface area contributed by atoms with E-state index in [1.165, 1.54) is 11.1 Å². The number of hydrogen-bond acceptors (Lipinski definition) is 3. The van der Waals surface area contributed by atoms with E-state index in [1.54, 1.807) is 12.4 Å². The first kappa shape index (κ1) is 20.4. The third-order valence-corrected chi connectivity index (χ3v) is 5.90. The molecule has 3 heterocycles. The molecule has 1 aliphatic heterocycles. The van der Waals surface area contributed by atoms with Crippen molar-refractivity contribution < 1.29 is 9.53 Å². The van der Waals surface area contributed by atoms with E-state index in [0.29, 0.717) is 19.1 Å². The highest BCUT2D eigenvalue weighted by atomic mass is 16.5. The molecule has 0 atom stereocenters. The first-order valence-electron chi connectivity index (χ1n) is 10.6. The lowest BCUT2D eigenvalue weighted by atomic mass is 9.90. The fourth-order valence-electron chi connectivity index (χ4n) is 4.06. The molecular formula is C25H29N3O2. The van der Waals surface area contributed by atoms with Gasteiger partial charge in [-0.3, -0.25) is 9.78 Å². The Morgan fingerprint density at radius 1 is 0.967 bits per heavy atom. The Bertz CT molecular complexity index is 942. The molecule has 5 heteroatoms. The zero-order valence-electron chi connectivity index (χ0n) is 17.5. The quantitative estimate of drug-likeness (QED) is 0.593. The maximum absolute atomic E-state index is 12.7. The van der Waals surface area contributed by atoms with Crippen LogP contribution in [0.5, 0.6) is 0 Å². The first-order chi connectivity index (χ1) is 14.7. The van der Waals surface area contributed by atoms with Gasteiger partial charge in [0.2, 0.25) is 0 Å². The van der Waals surface area contributed by atoms with Crippen LogP contribution in [-0.2, 0) is 31.4 Å². The second-order valence-corrected chi connectivity index (χ2v) is 8.11. The van der Waals surface area contributed by atoms with Gasteiger partial charge in [-0.2, -0.15) is 0 Å². The molecule has 1 fully saturated rings. The summed E-state index contributed by atoms with van der Waals surface area (Å²) >= 11 is 0. The van der Waals surface area contributed by atoms with Gasteiger partial charge in [0.05, 0.1) is 13.2 Å². The highest BCUT2D eigenvalue weighted by Gasteiger charge is 2.24. The maximum Gasteiger partial charge on any atom is 0.270 e. The normalized spacial score (nSPS) is 14.8. The summed E-state index contributed by atoms with van der Waals surface area (Å²) in [5, 5.41) is 0. The molecule has 30 heavy (non-hydrogen) atoms. The van der Waals surface area contributed by atoms with Crippen molar-refractivity contribution >= 4 is 5.91 Å². The minimum atomic E-state index is 0.150. The second-order valence-electron chi connectivity index (χ2n) is 8.11. The molecule has 5 nitrogen and oxygen atoms in total. The van der Waals surface area contributed by atoms with Gasteiger partial charge in [-0.15, -0.1) is 0 Å². The van der Waals surface area contributed by atoms with Crippen LogP contribution in [0.2, 0.25) is 0 Å². The fourth-order valence-corrected chi connectivity index (χ4v) is 4.06. The van der Waals surface area contributed by atoms with Crippen LogP contribution < -0.4 is 0 Å². The van der Waals surface area contributed by atoms with E-state index in [1.807, 2.05) is 47.0 Å². The average molecular weight is 404 g/mol. The molecule has 0 radical (unpaired) electrons. The third kappa shape index (κ3) is 5.16. The highest BCUT2D eigenvalue weighted by molar-refractivity contribution is 5.92. The molecule has 0 saturated carbocycles. The molecule has 3 aromatic rings. The summed E-state index contributed by atoms with van der Waals surface area (Å²) in [4.78, 5) is 18.7. The van der Waals surface area contributed by atoms with Gasteiger partial charge in [0, 0.05) is 38.7 Å². The van der Waals surface area contributed by atoms with Crippen molar-refractivity contribution in [3.63, 3.8) is 0 Å². The number of nitrogens with zero attached hydrogens (tertiary/aromatic N) is 3. The number of carbonyl (C=O) groups is 1. The number of aromatic nitrogens is 2. The zero-order chi connectivity index (χ0) is 20.8. The number of aryl methyl sites for hydroxylation is 1. The monoisotopic (exact) mass is 403 g/mol. The molecule has 0 aliphatic carbocycles. The smallest absolute Gasteiger partial charge is 0.270 e. The lowest BCUT2D eigenvalue weighted by Gasteiger charge is -2.32. The molecule has 0 bridgehead atoms. The van der Waals surface area contributed by atoms with E-state index in [2.05, 4.69) is 29.2 Å². The Balaban J connectivity index is 1.21. The molecule has 0 unspecified atom stereocenters. The van der Waals surface area contributed by atoms with Gasteiger partial charge in [0.25, 0.3) is 5.91 Å². The third-order valence-electron chi connectivity index (χ3n) is 5.90. The molecule has 1 aromatic carbocycles. The first-order valence-corrected chi connectivity index (χ1v) is 10.6. The Kier molecular flexibility index (Phi) is 6.60. The number of likely N-dealkylation sites (tertiary alicyclic amines) is 1. The predicted octanol–water partition coefficient (Wildman–Crippen LogP) is 4.23.